The van der Waals surface area contributed by atoms with Crippen LogP contribution in [-0.2, 0) is 13.6 Å². The number of aromatic nitrogens is 5. The van der Waals surface area contributed by atoms with Crippen LogP contribution in [0.15, 0.2) is 67.4 Å². The molecule has 0 saturated heterocycles. The summed E-state index contributed by atoms with van der Waals surface area (Å²) in [6, 6.07) is 12.4. The highest BCUT2D eigenvalue weighted by Crippen LogP contribution is 2.31. The van der Waals surface area contributed by atoms with Crippen molar-refractivity contribution in [3.63, 3.8) is 0 Å². The maximum Gasteiger partial charge on any atom is 0.226 e. The van der Waals surface area contributed by atoms with Crippen molar-refractivity contribution in [1.29, 1.82) is 0 Å². The minimum Gasteiger partial charge on any atom is -0.337 e. The maximum atomic E-state index is 4.92. The quantitative estimate of drug-likeness (QED) is 0.533. The lowest BCUT2D eigenvalue weighted by Gasteiger charge is -2.19. The molecule has 6 nitrogen and oxygen atoms in total. The van der Waals surface area contributed by atoms with Crippen molar-refractivity contribution in [1.82, 2.24) is 24.5 Å². The molecule has 4 rings (SSSR count). The van der Waals surface area contributed by atoms with Crippen LogP contribution in [0.4, 0.5) is 5.95 Å². The first-order chi connectivity index (χ1) is 13.6. The van der Waals surface area contributed by atoms with E-state index in [4.69, 9.17) is 4.98 Å². The second-order valence-corrected chi connectivity index (χ2v) is 6.84. The lowest BCUT2D eigenvalue weighted by atomic mass is 10.0. The summed E-state index contributed by atoms with van der Waals surface area (Å²) in [5, 5.41) is 0. The molecule has 6 heteroatoms. The van der Waals surface area contributed by atoms with E-state index < -0.39 is 0 Å². The molecule has 0 aliphatic heterocycles. The third kappa shape index (κ3) is 3.62. The molecule has 3 aromatic heterocycles. The summed E-state index contributed by atoms with van der Waals surface area (Å²) in [4.78, 5) is 20.1. The Labute approximate surface area is 164 Å². The summed E-state index contributed by atoms with van der Waals surface area (Å²) in [5.74, 6) is 1.62. The molecule has 0 N–H and O–H groups in total. The number of aryl methyl sites for hydroxylation is 2. The molecule has 0 atom stereocenters. The van der Waals surface area contributed by atoms with Crippen molar-refractivity contribution >= 4 is 5.95 Å². The van der Waals surface area contributed by atoms with Gasteiger partial charge in [0.25, 0.3) is 0 Å². The molecular formula is C22H22N6. The van der Waals surface area contributed by atoms with Gasteiger partial charge >= 0.3 is 0 Å². The van der Waals surface area contributed by atoms with Crippen LogP contribution in [0.5, 0.6) is 0 Å². The molecule has 0 saturated carbocycles. The predicted molar refractivity (Wildman–Crippen MR) is 111 cm³/mol. The van der Waals surface area contributed by atoms with Crippen molar-refractivity contribution in [3.8, 4) is 22.4 Å². The number of nitrogens with zero attached hydrogens (tertiary/aromatic N) is 6. The zero-order valence-electron chi connectivity index (χ0n) is 16.2. The standard InChI is InChI=1S/C22H22N6/c1-16-4-6-18(7-5-16)21-19(17-8-10-23-11-9-17)14-25-22(26-21)28(3)15-20-24-12-13-27(20)2/h4-14H,15H2,1-3H3. The number of pyridine rings is 1. The smallest absolute Gasteiger partial charge is 0.226 e. The van der Waals surface area contributed by atoms with Crippen LogP contribution in [0.3, 0.4) is 0 Å². The van der Waals surface area contributed by atoms with E-state index in [1.165, 1.54) is 5.56 Å². The van der Waals surface area contributed by atoms with Gasteiger partial charge in [-0.1, -0.05) is 29.8 Å². The highest BCUT2D eigenvalue weighted by Gasteiger charge is 2.15. The zero-order valence-corrected chi connectivity index (χ0v) is 16.2. The largest absolute Gasteiger partial charge is 0.337 e. The van der Waals surface area contributed by atoms with Gasteiger partial charge in [0.05, 0.1) is 12.2 Å². The topological polar surface area (TPSA) is 59.7 Å². The molecule has 3 heterocycles. The van der Waals surface area contributed by atoms with Crippen molar-refractivity contribution in [2.24, 2.45) is 7.05 Å². The number of imidazole rings is 1. The lowest BCUT2D eigenvalue weighted by molar-refractivity contribution is 0.747. The molecule has 28 heavy (non-hydrogen) atoms. The molecule has 140 valence electrons. The van der Waals surface area contributed by atoms with Gasteiger partial charge in [-0.2, -0.15) is 0 Å². The minimum atomic E-state index is 0.630. The van der Waals surface area contributed by atoms with Crippen molar-refractivity contribution in [3.05, 3.63) is 78.8 Å². The fraction of sp³-hybridized carbons (Fsp3) is 0.182. The second kappa shape index (κ2) is 7.60. The summed E-state index contributed by atoms with van der Waals surface area (Å²) in [6.07, 6.45) is 9.20. The van der Waals surface area contributed by atoms with Gasteiger partial charge in [-0.05, 0) is 24.6 Å². The van der Waals surface area contributed by atoms with Crippen molar-refractivity contribution in [2.75, 3.05) is 11.9 Å². The summed E-state index contributed by atoms with van der Waals surface area (Å²) in [7, 11) is 3.97. The molecule has 0 aliphatic rings. The Hall–Kier alpha value is -3.54. The van der Waals surface area contributed by atoms with E-state index in [1.807, 2.05) is 48.1 Å². The SMILES string of the molecule is Cc1ccc(-c2nc(N(C)Cc3nccn3C)ncc2-c2ccncc2)cc1. The van der Waals surface area contributed by atoms with Crippen LogP contribution >= 0.6 is 0 Å². The average molecular weight is 370 g/mol. The van der Waals surface area contributed by atoms with Crippen LogP contribution < -0.4 is 4.90 Å². The van der Waals surface area contributed by atoms with E-state index >= 15 is 0 Å². The number of benzene rings is 1. The Balaban J connectivity index is 1.77. The predicted octanol–water partition coefficient (Wildman–Crippen LogP) is 3.88. The summed E-state index contributed by atoms with van der Waals surface area (Å²) < 4.78 is 2.00. The highest BCUT2D eigenvalue weighted by atomic mass is 15.2. The van der Waals surface area contributed by atoms with E-state index in [0.29, 0.717) is 12.5 Å². The van der Waals surface area contributed by atoms with Gasteiger partial charge in [0.15, 0.2) is 0 Å². The number of hydrogen-bond donors (Lipinski definition) is 0. The van der Waals surface area contributed by atoms with Crippen LogP contribution in [0.2, 0.25) is 0 Å². The Kier molecular flexibility index (Phi) is 4.85. The minimum absolute atomic E-state index is 0.630. The summed E-state index contributed by atoms with van der Waals surface area (Å²) in [5.41, 5.74) is 5.22. The monoisotopic (exact) mass is 370 g/mol. The first kappa shape index (κ1) is 17.9. The molecule has 0 amide bonds. The fourth-order valence-electron chi connectivity index (χ4n) is 3.06. The third-order valence-corrected chi connectivity index (χ3v) is 4.73. The van der Waals surface area contributed by atoms with E-state index in [-0.39, 0.29) is 0 Å². The van der Waals surface area contributed by atoms with Crippen LogP contribution in [0.1, 0.15) is 11.4 Å². The Morgan fingerprint density at radius 1 is 0.929 bits per heavy atom. The van der Waals surface area contributed by atoms with E-state index in [2.05, 4.69) is 46.1 Å². The molecule has 0 unspecified atom stereocenters. The van der Waals surface area contributed by atoms with Gasteiger partial charge in [0, 0.05) is 56.2 Å². The molecule has 0 spiro atoms. The van der Waals surface area contributed by atoms with Crippen LogP contribution in [0.25, 0.3) is 22.4 Å². The lowest BCUT2D eigenvalue weighted by Crippen LogP contribution is -2.21. The van der Waals surface area contributed by atoms with Crippen LogP contribution in [-0.4, -0.2) is 31.6 Å². The Morgan fingerprint density at radius 2 is 1.68 bits per heavy atom. The highest BCUT2D eigenvalue weighted by molar-refractivity contribution is 5.80. The number of hydrogen-bond acceptors (Lipinski definition) is 5. The van der Waals surface area contributed by atoms with Gasteiger partial charge in [0.2, 0.25) is 5.95 Å². The normalized spacial score (nSPS) is 10.8. The second-order valence-electron chi connectivity index (χ2n) is 6.84. The fourth-order valence-corrected chi connectivity index (χ4v) is 3.06. The Morgan fingerprint density at radius 3 is 2.36 bits per heavy atom. The van der Waals surface area contributed by atoms with Gasteiger partial charge < -0.3 is 9.47 Å². The van der Waals surface area contributed by atoms with E-state index in [1.54, 1.807) is 18.6 Å². The van der Waals surface area contributed by atoms with Crippen molar-refractivity contribution in [2.45, 2.75) is 13.5 Å². The molecule has 0 radical (unpaired) electrons. The zero-order chi connectivity index (χ0) is 19.5. The molecular weight excluding hydrogens is 348 g/mol. The van der Waals surface area contributed by atoms with Gasteiger partial charge in [0.1, 0.15) is 5.82 Å². The molecule has 0 aliphatic carbocycles. The summed E-state index contributed by atoms with van der Waals surface area (Å²) in [6.45, 7) is 2.71. The number of anilines is 1. The Bertz CT molecular complexity index is 1070. The number of rotatable bonds is 5. The maximum absolute atomic E-state index is 4.92. The molecule has 4 aromatic rings. The first-order valence-corrected chi connectivity index (χ1v) is 9.13. The van der Waals surface area contributed by atoms with Crippen LogP contribution in [0, 0.1) is 6.92 Å². The molecule has 0 fully saturated rings. The molecule has 0 bridgehead atoms. The third-order valence-electron chi connectivity index (χ3n) is 4.73. The average Bonchev–Trinajstić information content (AvgIpc) is 3.13. The van der Waals surface area contributed by atoms with Gasteiger partial charge in [-0.3, -0.25) is 4.98 Å². The van der Waals surface area contributed by atoms with E-state index in [9.17, 15) is 0 Å². The van der Waals surface area contributed by atoms with Gasteiger partial charge in [-0.25, -0.2) is 15.0 Å². The van der Waals surface area contributed by atoms with E-state index in [0.717, 1.165) is 28.2 Å². The van der Waals surface area contributed by atoms with Crippen molar-refractivity contribution < 1.29 is 0 Å². The van der Waals surface area contributed by atoms with Gasteiger partial charge in [-0.15, -0.1) is 0 Å². The molecule has 1 aromatic carbocycles. The summed E-state index contributed by atoms with van der Waals surface area (Å²) >= 11 is 0. The first-order valence-electron chi connectivity index (χ1n) is 9.13.